The van der Waals surface area contributed by atoms with Gasteiger partial charge >= 0.3 is 0 Å². The van der Waals surface area contributed by atoms with E-state index in [0.717, 1.165) is 23.8 Å². The minimum absolute atomic E-state index is 0.160. The lowest BCUT2D eigenvalue weighted by Gasteiger charge is -2.08. The number of carbonyl (C=O) groups is 1. The number of halogens is 2. The van der Waals surface area contributed by atoms with E-state index in [9.17, 15) is 19.3 Å². The van der Waals surface area contributed by atoms with Crippen LogP contribution in [0.5, 0.6) is 0 Å². The van der Waals surface area contributed by atoms with Gasteiger partial charge in [-0.25, -0.2) is 4.39 Å². The lowest BCUT2D eigenvalue weighted by Crippen LogP contribution is -2.13. The number of aryl methyl sites for hydroxylation is 1. The van der Waals surface area contributed by atoms with Crippen LogP contribution in [-0.4, -0.2) is 10.8 Å². The predicted octanol–water partition coefficient (Wildman–Crippen LogP) is 3.95. The minimum atomic E-state index is -0.766. The molecule has 0 aromatic heterocycles. The maximum absolute atomic E-state index is 13.6. The van der Waals surface area contributed by atoms with Crippen LogP contribution in [0.1, 0.15) is 15.9 Å². The van der Waals surface area contributed by atoms with Gasteiger partial charge in [0.15, 0.2) is 0 Å². The number of hydrogen-bond acceptors (Lipinski definition) is 3. The maximum atomic E-state index is 13.6. The Morgan fingerprint density at radius 2 is 2.00 bits per heavy atom. The van der Waals surface area contributed by atoms with Crippen LogP contribution < -0.4 is 5.32 Å². The standard InChI is InChI=1S/C14H10ClFN2O3/c1-8-2-4-10(11(15)6-8)14(19)17-13-7-9(18(20)21)3-5-12(13)16/h2-7H,1H3,(H,17,19). The molecule has 1 amide bonds. The molecular formula is C14H10ClFN2O3. The summed E-state index contributed by atoms with van der Waals surface area (Å²) < 4.78 is 13.6. The SMILES string of the molecule is Cc1ccc(C(=O)Nc2cc([N+](=O)[O-])ccc2F)c(Cl)c1. The van der Waals surface area contributed by atoms with Gasteiger partial charge < -0.3 is 5.32 Å². The summed E-state index contributed by atoms with van der Waals surface area (Å²) in [5.74, 6) is -1.41. The number of rotatable bonds is 3. The van der Waals surface area contributed by atoms with Gasteiger partial charge in [-0.05, 0) is 30.7 Å². The molecule has 0 saturated carbocycles. The third kappa shape index (κ3) is 3.35. The molecule has 1 N–H and O–H groups in total. The second-order valence-corrected chi connectivity index (χ2v) is 4.77. The predicted molar refractivity (Wildman–Crippen MR) is 77.2 cm³/mol. The number of hydrogen-bond donors (Lipinski definition) is 1. The lowest BCUT2D eigenvalue weighted by atomic mass is 10.1. The monoisotopic (exact) mass is 308 g/mol. The minimum Gasteiger partial charge on any atom is -0.319 e. The number of carbonyl (C=O) groups excluding carboxylic acids is 1. The Morgan fingerprint density at radius 1 is 1.29 bits per heavy atom. The van der Waals surface area contributed by atoms with E-state index in [2.05, 4.69) is 5.32 Å². The Morgan fingerprint density at radius 3 is 2.62 bits per heavy atom. The molecule has 0 aliphatic carbocycles. The summed E-state index contributed by atoms with van der Waals surface area (Å²) >= 11 is 5.95. The van der Waals surface area contributed by atoms with E-state index in [4.69, 9.17) is 11.6 Å². The Labute approximate surface area is 124 Å². The van der Waals surface area contributed by atoms with Crippen molar-refractivity contribution in [1.29, 1.82) is 0 Å². The van der Waals surface area contributed by atoms with E-state index in [1.54, 1.807) is 12.1 Å². The number of nitrogens with one attached hydrogen (secondary N) is 1. The number of nitro benzene ring substituents is 1. The smallest absolute Gasteiger partial charge is 0.271 e. The largest absolute Gasteiger partial charge is 0.319 e. The highest BCUT2D eigenvalue weighted by Crippen LogP contribution is 2.23. The Kier molecular flexibility index (Phi) is 4.18. The topological polar surface area (TPSA) is 72.2 Å². The van der Waals surface area contributed by atoms with Crippen molar-refractivity contribution in [1.82, 2.24) is 0 Å². The van der Waals surface area contributed by atoms with Crippen LogP contribution in [0.15, 0.2) is 36.4 Å². The molecule has 0 aliphatic heterocycles. The Hall–Kier alpha value is -2.47. The number of non-ortho nitro benzene ring substituents is 1. The molecule has 0 radical (unpaired) electrons. The summed E-state index contributed by atoms with van der Waals surface area (Å²) in [6.07, 6.45) is 0. The second kappa shape index (κ2) is 5.88. The second-order valence-electron chi connectivity index (χ2n) is 4.36. The average Bonchev–Trinajstić information content (AvgIpc) is 2.40. The van der Waals surface area contributed by atoms with Crippen LogP contribution in [0.3, 0.4) is 0 Å². The normalized spacial score (nSPS) is 10.2. The summed E-state index contributed by atoms with van der Waals surface area (Å²) in [6.45, 7) is 1.81. The van der Waals surface area contributed by atoms with E-state index >= 15 is 0 Å². The molecule has 7 heteroatoms. The van der Waals surface area contributed by atoms with Crippen molar-refractivity contribution in [2.45, 2.75) is 6.92 Å². The Bertz CT molecular complexity index is 734. The molecule has 0 unspecified atom stereocenters. The summed E-state index contributed by atoms with van der Waals surface area (Å²) in [4.78, 5) is 22.0. The fraction of sp³-hybridized carbons (Fsp3) is 0.0714. The summed E-state index contributed by atoms with van der Waals surface area (Å²) in [5.41, 5.74) is 0.443. The number of benzene rings is 2. The highest BCUT2D eigenvalue weighted by atomic mass is 35.5. The fourth-order valence-electron chi connectivity index (χ4n) is 1.72. The highest BCUT2D eigenvalue weighted by Gasteiger charge is 2.15. The fourth-order valence-corrected chi connectivity index (χ4v) is 2.04. The van der Waals surface area contributed by atoms with Gasteiger partial charge in [-0.3, -0.25) is 14.9 Å². The molecule has 108 valence electrons. The van der Waals surface area contributed by atoms with Gasteiger partial charge in [0.1, 0.15) is 5.82 Å². The van der Waals surface area contributed by atoms with E-state index in [0.29, 0.717) is 0 Å². The number of nitrogens with zero attached hydrogens (tertiary/aromatic N) is 1. The molecule has 0 atom stereocenters. The molecule has 2 rings (SSSR count). The van der Waals surface area contributed by atoms with Gasteiger partial charge in [0, 0.05) is 12.1 Å². The zero-order valence-corrected chi connectivity index (χ0v) is 11.6. The summed E-state index contributed by atoms with van der Waals surface area (Å²) in [5, 5.41) is 13.2. The molecule has 0 aliphatic rings. The van der Waals surface area contributed by atoms with Crippen molar-refractivity contribution in [2.75, 3.05) is 5.32 Å². The molecule has 0 bridgehead atoms. The first-order valence-electron chi connectivity index (χ1n) is 5.90. The first-order valence-corrected chi connectivity index (χ1v) is 6.27. The molecule has 5 nitrogen and oxygen atoms in total. The van der Waals surface area contributed by atoms with Crippen molar-refractivity contribution < 1.29 is 14.1 Å². The molecule has 0 saturated heterocycles. The maximum Gasteiger partial charge on any atom is 0.271 e. The van der Waals surface area contributed by atoms with Gasteiger partial charge in [0.05, 0.1) is 21.2 Å². The zero-order valence-electron chi connectivity index (χ0n) is 10.9. The number of nitro groups is 1. The van der Waals surface area contributed by atoms with E-state index in [1.807, 2.05) is 6.92 Å². The average molecular weight is 309 g/mol. The Balaban J connectivity index is 2.31. The van der Waals surface area contributed by atoms with E-state index in [-0.39, 0.29) is 22.0 Å². The molecule has 2 aromatic rings. The zero-order chi connectivity index (χ0) is 15.6. The van der Waals surface area contributed by atoms with Crippen LogP contribution >= 0.6 is 11.6 Å². The summed E-state index contributed by atoms with van der Waals surface area (Å²) in [7, 11) is 0. The van der Waals surface area contributed by atoms with Crippen molar-refractivity contribution in [2.24, 2.45) is 0 Å². The van der Waals surface area contributed by atoms with Gasteiger partial charge in [-0.2, -0.15) is 0 Å². The van der Waals surface area contributed by atoms with Crippen LogP contribution in [-0.2, 0) is 0 Å². The molecule has 0 spiro atoms. The molecule has 21 heavy (non-hydrogen) atoms. The van der Waals surface area contributed by atoms with Crippen LogP contribution in [0, 0.1) is 22.9 Å². The quantitative estimate of drug-likeness (QED) is 0.689. The number of anilines is 1. The molecule has 0 fully saturated rings. The van der Waals surface area contributed by atoms with Gasteiger partial charge in [0.2, 0.25) is 0 Å². The van der Waals surface area contributed by atoms with Crippen molar-refractivity contribution in [3.05, 3.63) is 68.5 Å². The molecule has 0 heterocycles. The summed E-state index contributed by atoms with van der Waals surface area (Å²) in [6, 6.07) is 7.68. The highest BCUT2D eigenvalue weighted by molar-refractivity contribution is 6.34. The van der Waals surface area contributed by atoms with Crippen LogP contribution in [0.4, 0.5) is 15.8 Å². The lowest BCUT2D eigenvalue weighted by molar-refractivity contribution is -0.384. The third-order valence-corrected chi connectivity index (χ3v) is 3.09. The molecule has 2 aromatic carbocycles. The van der Waals surface area contributed by atoms with Gasteiger partial charge in [0.25, 0.3) is 11.6 Å². The number of amides is 1. The first-order chi connectivity index (χ1) is 9.88. The van der Waals surface area contributed by atoms with Crippen molar-refractivity contribution in [3.63, 3.8) is 0 Å². The van der Waals surface area contributed by atoms with Gasteiger partial charge in [-0.15, -0.1) is 0 Å². The van der Waals surface area contributed by atoms with Crippen molar-refractivity contribution >= 4 is 28.9 Å². The van der Waals surface area contributed by atoms with Crippen molar-refractivity contribution in [3.8, 4) is 0 Å². The third-order valence-electron chi connectivity index (χ3n) is 2.78. The van der Waals surface area contributed by atoms with Crippen LogP contribution in [0.25, 0.3) is 0 Å². The van der Waals surface area contributed by atoms with Gasteiger partial charge in [-0.1, -0.05) is 17.7 Å². The van der Waals surface area contributed by atoms with Crippen LogP contribution in [0.2, 0.25) is 5.02 Å². The van der Waals surface area contributed by atoms with E-state index in [1.165, 1.54) is 6.07 Å². The van der Waals surface area contributed by atoms with E-state index < -0.39 is 16.6 Å². The molecular weight excluding hydrogens is 299 g/mol. The first kappa shape index (κ1) is 14.9.